The van der Waals surface area contributed by atoms with Gasteiger partial charge in [0.1, 0.15) is 5.75 Å². The summed E-state index contributed by atoms with van der Waals surface area (Å²) in [6.45, 7) is 6.35. The van der Waals surface area contributed by atoms with E-state index in [-0.39, 0.29) is 6.04 Å². The molecule has 1 unspecified atom stereocenters. The van der Waals surface area contributed by atoms with Gasteiger partial charge >= 0.3 is 0 Å². The maximum Gasteiger partial charge on any atom is 0.122 e. The minimum atomic E-state index is 0.144. The zero-order valence-electron chi connectivity index (χ0n) is 10.4. The van der Waals surface area contributed by atoms with Crippen molar-refractivity contribution in [3.63, 3.8) is 0 Å². The van der Waals surface area contributed by atoms with Crippen molar-refractivity contribution >= 4 is 15.9 Å². The van der Waals surface area contributed by atoms with Gasteiger partial charge in [-0.25, -0.2) is 0 Å². The van der Waals surface area contributed by atoms with E-state index in [0.717, 1.165) is 22.2 Å². The van der Waals surface area contributed by atoms with Crippen LogP contribution in [0.15, 0.2) is 16.6 Å². The summed E-state index contributed by atoms with van der Waals surface area (Å²) in [6.07, 6.45) is 0.833. The molecule has 1 rings (SSSR count). The highest BCUT2D eigenvalue weighted by Crippen LogP contribution is 2.32. The number of hydrogen-bond acceptors (Lipinski definition) is 2. The van der Waals surface area contributed by atoms with Crippen LogP contribution < -0.4 is 10.5 Å². The van der Waals surface area contributed by atoms with E-state index >= 15 is 0 Å². The van der Waals surface area contributed by atoms with Gasteiger partial charge in [-0.2, -0.15) is 0 Å². The number of nitrogens with two attached hydrogens (primary N) is 1. The minimum absolute atomic E-state index is 0.144. The van der Waals surface area contributed by atoms with Crippen LogP contribution in [-0.2, 0) is 6.42 Å². The molecular weight excluding hydrogens is 266 g/mol. The van der Waals surface area contributed by atoms with Crippen molar-refractivity contribution in [2.45, 2.75) is 39.2 Å². The van der Waals surface area contributed by atoms with Gasteiger partial charge in [0.15, 0.2) is 0 Å². The molecule has 0 fully saturated rings. The van der Waals surface area contributed by atoms with Gasteiger partial charge in [0.25, 0.3) is 0 Å². The fourth-order valence-corrected chi connectivity index (χ4v) is 2.60. The second-order valence-electron chi connectivity index (χ2n) is 4.52. The Kier molecular flexibility index (Phi) is 4.81. The fourth-order valence-electron chi connectivity index (χ4n) is 1.75. The van der Waals surface area contributed by atoms with Gasteiger partial charge in [-0.1, -0.05) is 29.8 Å². The molecule has 0 aliphatic rings. The first kappa shape index (κ1) is 13.5. The summed E-state index contributed by atoms with van der Waals surface area (Å²) < 4.78 is 6.55. The van der Waals surface area contributed by atoms with Crippen molar-refractivity contribution in [1.29, 1.82) is 0 Å². The van der Waals surface area contributed by atoms with Crippen molar-refractivity contribution in [3.05, 3.63) is 27.7 Å². The SMILES string of the molecule is COc1cc(C(C)C)c(Br)cc1CC(C)N. The maximum atomic E-state index is 5.83. The molecule has 1 aromatic carbocycles. The molecule has 2 N–H and O–H groups in total. The summed E-state index contributed by atoms with van der Waals surface area (Å²) in [5.74, 6) is 1.41. The van der Waals surface area contributed by atoms with Crippen molar-refractivity contribution in [2.24, 2.45) is 5.73 Å². The van der Waals surface area contributed by atoms with Crippen molar-refractivity contribution in [2.75, 3.05) is 7.11 Å². The molecule has 1 atom stereocenters. The van der Waals surface area contributed by atoms with E-state index in [2.05, 4.69) is 41.9 Å². The highest BCUT2D eigenvalue weighted by atomic mass is 79.9. The molecule has 0 heterocycles. The molecule has 1 aromatic rings. The molecule has 0 spiro atoms. The molecule has 0 saturated heterocycles. The Hall–Kier alpha value is -0.540. The standard InChI is InChI=1S/C13H20BrNO/c1-8(2)11-7-13(16-4)10(5-9(3)15)6-12(11)14/h6-9H,5,15H2,1-4H3. The summed E-state index contributed by atoms with van der Waals surface area (Å²) in [5, 5.41) is 0. The highest BCUT2D eigenvalue weighted by molar-refractivity contribution is 9.10. The lowest BCUT2D eigenvalue weighted by molar-refractivity contribution is 0.407. The normalized spacial score (nSPS) is 12.9. The Morgan fingerprint density at radius 2 is 1.94 bits per heavy atom. The number of benzene rings is 1. The lowest BCUT2D eigenvalue weighted by atomic mass is 9.98. The monoisotopic (exact) mass is 285 g/mol. The second kappa shape index (κ2) is 5.69. The molecule has 0 saturated carbocycles. The Labute approximate surface area is 106 Å². The lowest BCUT2D eigenvalue weighted by Gasteiger charge is -2.16. The van der Waals surface area contributed by atoms with Gasteiger partial charge in [0, 0.05) is 10.5 Å². The number of ether oxygens (including phenoxy) is 1. The Morgan fingerprint density at radius 3 is 2.38 bits per heavy atom. The van der Waals surface area contributed by atoms with Gasteiger partial charge < -0.3 is 10.5 Å². The summed E-state index contributed by atoms with van der Waals surface area (Å²) in [5.41, 5.74) is 8.25. The molecule has 0 amide bonds. The molecular formula is C13H20BrNO. The predicted octanol–water partition coefficient (Wildman–Crippen LogP) is 3.47. The van der Waals surface area contributed by atoms with E-state index < -0.39 is 0 Å². The molecule has 3 heteroatoms. The average molecular weight is 286 g/mol. The lowest BCUT2D eigenvalue weighted by Crippen LogP contribution is -2.18. The first-order valence-electron chi connectivity index (χ1n) is 5.57. The van der Waals surface area contributed by atoms with E-state index in [9.17, 15) is 0 Å². The Bertz CT molecular complexity index is 361. The number of methoxy groups -OCH3 is 1. The van der Waals surface area contributed by atoms with Crippen LogP contribution in [0, 0.1) is 0 Å². The van der Waals surface area contributed by atoms with Crippen LogP contribution >= 0.6 is 15.9 Å². The van der Waals surface area contributed by atoms with Crippen LogP contribution in [0.3, 0.4) is 0 Å². The number of halogens is 1. The maximum absolute atomic E-state index is 5.83. The summed E-state index contributed by atoms with van der Waals surface area (Å²) in [6, 6.07) is 4.37. The second-order valence-corrected chi connectivity index (χ2v) is 5.38. The molecule has 16 heavy (non-hydrogen) atoms. The molecule has 90 valence electrons. The molecule has 0 aliphatic carbocycles. The third kappa shape index (κ3) is 3.22. The van der Waals surface area contributed by atoms with Crippen LogP contribution in [0.4, 0.5) is 0 Å². The highest BCUT2D eigenvalue weighted by Gasteiger charge is 2.12. The quantitative estimate of drug-likeness (QED) is 0.919. The topological polar surface area (TPSA) is 35.2 Å². The molecule has 2 nitrogen and oxygen atoms in total. The van der Waals surface area contributed by atoms with E-state index in [1.807, 2.05) is 6.92 Å². The fraction of sp³-hybridized carbons (Fsp3) is 0.538. The first-order chi connectivity index (χ1) is 7.45. The predicted molar refractivity (Wildman–Crippen MR) is 72.1 cm³/mol. The van der Waals surface area contributed by atoms with Crippen molar-refractivity contribution < 1.29 is 4.74 Å². The summed E-state index contributed by atoms with van der Waals surface area (Å²) in [7, 11) is 1.71. The largest absolute Gasteiger partial charge is 0.496 e. The zero-order chi connectivity index (χ0) is 12.3. The van der Waals surface area contributed by atoms with Gasteiger partial charge in [-0.05, 0) is 42.5 Å². The third-order valence-electron chi connectivity index (χ3n) is 2.56. The van der Waals surface area contributed by atoms with E-state index in [4.69, 9.17) is 10.5 Å². The molecule has 0 radical (unpaired) electrons. The Morgan fingerprint density at radius 1 is 1.31 bits per heavy atom. The van der Waals surface area contributed by atoms with E-state index in [1.54, 1.807) is 7.11 Å². The van der Waals surface area contributed by atoms with Crippen LogP contribution in [0.5, 0.6) is 5.75 Å². The van der Waals surface area contributed by atoms with Gasteiger partial charge in [-0.3, -0.25) is 0 Å². The number of hydrogen-bond donors (Lipinski definition) is 1. The zero-order valence-corrected chi connectivity index (χ0v) is 12.0. The number of rotatable bonds is 4. The van der Waals surface area contributed by atoms with Crippen LogP contribution in [0.2, 0.25) is 0 Å². The minimum Gasteiger partial charge on any atom is -0.496 e. The molecule has 0 aromatic heterocycles. The van der Waals surface area contributed by atoms with Gasteiger partial charge in [0.2, 0.25) is 0 Å². The summed E-state index contributed by atoms with van der Waals surface area (Å²) in [4.78, 5) is 0. The third-order valence-corrected chi connectivity index (χ3v) is 3.25. The summed E-state index contributed by atoms with van der Waals surface area (Å²) >= 11 is 3.60. The van der Waals surface area contributed by atoms with Gasteiger partial charge in [-0.15, -0.1) is 0 Å². The van der Waals surface area contributed by atoms with Crippen molar-refractivity contribution in [1.82, 2.24) is 0 Å². The molecule has 0 aliphatic heterocycles. The first-order valence-corrected chi connectivity index (χ1v) is 6.36. The van der Waals surface area contributed by atoms with E-state index in [0.29, 0.717) is 5.92 Å². The Balaban J connectivity index is 3.15. The van der Waals surface area contributed by atoms with Crippen LogP contribution in [-0.4, -0.2) is 13.2 Å². The van der Waals surface area contributed by atoms with Gasteiger partial charge in [0.05, 0.1) is 7.11 Å². The van der Waals surface area contributed by atoms with E-state index in [1.165, 1.54) is 5.56 Å². The van der Waals surface area contributed by atoms with Crippen LogP contribution in [0.25, 0.3) is 0 Å². The average Bonchev–Trinajstić information content (AvgIpc) is 2.16. The van der Waals surface area contributed by atoms with Crippen molar-refractivity contribution in [3.8, 4) is 5.75 Å². The van der Waals surface area contributed by atoms with Crippen LogP contribution in [0.1, 0.15) is 37.8 Å². The molecule has 0 bridgehead atoms. The smallest absolute Gasteiger partial charge is 0.122 e.